The number of amides is 2. The van der Waals surface area contributed by atoms with Gasteiger partial charge in [-0.25, -0.2) is 0 Å². The first-order valence-corrected chi connectivity index (χ1v) is 9.51. The first-order chi connectivity index (χ1) is 14.0. The van der Waals surface area contributed by atoms with Crippen molar-refractivity contribution in [2.24, 2.45) is 0 Å². The number of carbonyl (C=O) groups is 2. The molecule has 1 saturated heterocycles. The van der Waals surface area contributed by atoms with E-state index < -0.39 is 0 Å². The zero-order chi connectivity index (χ0) is 21.0. The summed E-state index contributed by atoms with van der Waals surface area (Å²) in [5.41, 5.74) is 0.906. The zero-order valence-corrected chi connectivity index (χ0v) is 17.4. The van der Waals surface area contributed by atoms with Crippen LogP contribution in [0.5, 0.6) is 17.2 Å². The first-order valence-electron chi connectivity index (χ1n) is 9.13. The van der Waals surface area contributed by atoms with E-state index in [4.69, 9.17) is 25.8 Å². The fraction of sp³-hybridized carbons (Fsp3) is 0.333. The Morgan fingerprint density at radius 1 is 0.828 bits per heavy atom. The number of ether oxygens (including phenoxy) is 3. The molecule has 154 valence electrons. The summed E-state index contributed by atoms with van der Waals surface area (Å²) in [6, 6.07) is 10.2. The lowest BCUT2D eigenvalue weighted by molar-refractivity contribution is 0.0535. The molecule has 0 atom stereocenters. The van der Waals surface area contributed by atoms with Gasteiger partial charge in [-0.3, -0.25) is 9.59 Å². The van der Waals surface area contributed by atoms with Gasteiger partial charge in [-0.2, -0.15) is 0 Å². The van der Waals surface area contributed by atoms with E-state index in [1.54, 1.807) is 46.2 Å². The third-order valence-corrected chi connectivity index (χ3v) is 5.20. The molecular weight excluding hydrogens is 396 g/mol. The molecule has 2 aromatic carbocycles. The average Bonchev–Trinajstić information content (AvgIpc) is 2.77. The Kier molecular flexibility index (Phi) is 6.49. The van der Waals surface area contributed by atoms with Gasteiger partial charge in [0.1, 0.15) is 0 Å². The summed E-state index contributed by atoms with van der Waals surface area (Å²) in [5.74, 6) is 0.983. The second-order valence-electron chi connectivity index (χ2n) is 6.48. The first kappa shape index (κ1) is 20.8. The zero-order valence-electron chi connectivity index (χ0n) is 16.6. The van der Waals surface area contributed by atoms with Gasteiger partial charge in [0.05, 0.1) is 31.9 Å². The number of benzene rings is 2. The summed E-state index contributed by atoms with van der Waals surface area (Å²) in [5, 5.41) is 0.424. The van der Waals surface area contributed by atoms with Crippen molar-refractivity contribution in [3.8, 4) is 17.2 Å². The van der Waals surface area contributed by atoms with Crippen molar-refractivity contribution in [2.45, 2.75) is 0 Å². The highest BCUT2D eigenvalue weighted by atomic mass is 35.5. The molecule has 0 saturated carbocycles. The minimum Gasteiger partial charge on any atom is -0.493 e. The van der Waals surface area contributed by atoms with Gasteiger partial charge in [0.15, 0.2) is 11.5 Å². The summed E-state index contributed by atoms with van der Waals surface area (Å²) >= 11 is 6.13. The minimum absolute atomic E-state index is 0.129. The van der Waals surface area contributed by atoms with Gasteiger partial charge in [0, 0.05) is 31.7 Å². The molecule has 0 unspecified atom stereocenters. The van der Waals surface area contributed by atoms with E-state index in [1.807, 2.05) is 0 Å². The molecule has 0 aliphatic carbocycles. The van der Waals surface area contributed by atoms with Crippen LogP contribution in [0.25, 0.3) is 0 Å². The van der Waals surface area contributed by atoms with Gasteiger partial charge < -0.3 is 24.0 Å². The standard InChI is InChI=1S/C21H23ClN2O5/c1-27-17-12-14(13-18(28-2)19(17)29-3)20(25)23-8-10-24(11-9-23)21(26)15-6-4-5-7-16(15)22/h4-7,12-13H,8-11H2,1-3H3. The molecule has 1 aliphatic rings. The molecule has 0 aromatic heterocycles. The summed E-state index contributed by atoms with van der Waals surface area (Å²) in [6.07, 6.45) is 0. The number of piperazine rings is 1. The molecule has 3 rings (SSSR count). The highest BCUT2D eigenvalue weighted by Crippen LogP contribution is 2.38. The van der Waals surface area contributed by atoms with E-state index in [0.29, 0.717) is 59.6 Å². The maximum atomic E-state index is 13.0. The topological polar surface area (TPSA) is 68.3 Å². The number of nitrogens with zero attached hydrogens (tertiary/aromatic N) is 2. The normalized spacial score (nSPS) is 13.8. The van der Waals surface area contributed by atoms with Gasteiger partial charge in [-0.15, -0.1) is 0 Å². The van der Waals surface area contributed by atoms with Crippen molar-refractivity contribution >= 4 is 23.4 Å². The van der Waals surface area contributed by atoms with Crippen LogP contribution in [0.4, 0.5) is 0 Å². The van der Waals surface area contributed by atoms with E-state index in [2.05, 4.69) is 0 Å². The van der Waals surface area contributed by atoms with E-state index in [1.165, 1.54) is 21.3 Å². The predicted octanol–water partition coefficient (Wildman–Crippen LogP) is 2.96. The Bertz CT molecular complexity index is 885. The van der Waals surface area contributed by atoms with E-state index in [0.717, 1.165) is 0 Å². The van der Waals surface area contributed by atoms with Crippen molar-refractivity contribution in [3.63, 3.8) is 0 Å². The molecule has 2 aromatic rings. The van der Waals surface area contributed by atoms with Crippen LogP contribution in [0.15, 0.2) is 36.4 Å². The average molecular weight is 419 g/mol. The van der Waals surface area contributed by atoms with Gasteiger partial charge in [-0.05, 0) is 24.3 Å². The maximum absolute atomic E-state index is 13.0. The van der Waals surface area contributed by atoms with Crippen LogP contribution in [-0.2, 0) is 0 Å². The summed E-state index contributed by atoms with van der Waals surface area (Å²) < 4.78 is 15.9. The molecular formula is C21H23ClN2O5. The van der Waals surface area contributed by atoms with Crippen molar-refractivity contribution in [1.29, 1.82) is 0 Å². The highest BCUT2D eigenvalue weighted by molar-refractivity contribution is 6.33. The number of rotatable bonds is 5. The quantitative estimate of drug-likeness (QED) is 0.746. The molecule has 1 fully saturated rings. The molecule has 1 heterocycles. The fourth-order valence-electron chi connectivity index (χ4n) is 3.30. The molecule has 0 radical (unpaired) electrons. The Balaban J connectivity index is 1.72. The van der Waals surface area contributed by atoms with Crippen molar-refractivity contribution in [1.82, 2.24) is 9.80 Å². The SMILES string of the molecule is COc1cc(C(=O)N2CCN(C(=O)c3ccccc3Cl)CC2)cc(OC)c1OC. The van der Waals surface area contributed by atoms with Crippen molar-refractivity contribution in [2.75, 3.05) is 47.5 Å². The van der Waals surface area contributed by atoms with Crippen molar-refractivity contribution < 1.29 is 23.8 Å². The predicted molar refractivity (Wildman–Crippen MR) is 109 cm³/mol. The van der Waals surface area contributed by atoms with Gasteiger partial charge in [0.2, 0.25) is 5.75 Å². The molecule has 2 amide bonds. The maximum Gasteiger partial charge on any atom is 0.255 e. The van der Waals surface area contributed by atoms with Crippen LogP contribution >= 0.6 is 11.6 Å². The molecule has 0 N–H and O–H groups in total. The van der Waals surface area contributed by atoms with Gasteiger partial charge >= 0.3 is 0 Å². The smallest absolute Gasteiger partial charge is 0.255 e. The Morgan fingerprint density at radius 2 is 1.34 bits per heavy atom. The lowest BCUT2D eigenvalue weighted by Gasteiger charge is -2.35. The second-order valence-corrected chi connectivity index (χ2v) is 6.89. The van der Waals surface area contributed by atoms with Crippen LogP contribution in [0, 0.1) is 0 Å². The van der Waals surface area contributed by atoms with Crippen LogP contribution in [-0.4, -0.2) is 69.1 Å². The molecule has 29 heavy (non-hydrogen) atoms. The van der Waals surface area contributed by atoms with Crippen LogP contribution in [0.1, 0.15) is 20.7 Å². The van der Waals surface area contributed by atoms with Crippen molar-refractivity contribution in [3.05, 3.63) is 52.5 Å². The summed E-state index contributed by atoms with van der Waals surface area (Å²) in [4.78, 5) is 29.1. The van der Waals surface area contributed by atoms with Crippen LogP contribution in [0.2, 0.25) is 5.02 Å². The number of methoxy groups -OCH3 is 3. The van der Waals surface area contributed by atoms with E-state index >= 15 is 0 Å². The number of halogens is 1. The molecule has 0 spiro atoms. The monoisotopic (exact) mass is 418 g/mol. The number of carbonyl (C=O) groups excluding carboxylic acids is 2. The largest absolute Gasteiger partial charge is 0.493 e. The number of hydrogen-bond acceptors (Lipinski definition) is 5. The van der Waals surface area contributed by atoms with E-state index in [-0.39, 0.29) is 11.8 Å². The summed E-state index contributed by atoms with van der Waals surface area (Å²) in [6.45, 7) is 1.71. The number of hydrogen-bond donors (Lipinski definition) is 0. The lowest BCUT2D eigenvalue weighted by atomic mass is 10.1. The Morgan fingerprint density at radius 3 is 1.83 bits per heavy atom. The highest BCUT2D eigenvalue weighted by Gasteiger charge is 2.27. The molecule has 8 heteroatoms. The van der Waals surface area contributed by atoms with Crippen LogP contribution in [0.3, 0.4) is 0 Å². The lowest BCUT2D eigenvalue weighted by Crippen LogP contribution is -2.50. The third kappa shape index (κ3) is 4.24. The molecule has 1 aliphatic heterocycles. The Hall–Kier alpha value is -2.93. The molecule has 7 nitrogen and oxygen atoms in total. The summed E-state index contributed by atoms with van der Waals surface area (Å²) in [7, 11) is 4.52. The molecule has 0 bridgehead atoms. The third-order valence-electron chi connectivity index (χ3n) is 4.87. The van der Waals surface area contributed by atoms with Gasteiger partial charge in [-0.1, -0.05) is 23.7 Å². The van der Waals surface area contributed by atoms with E-state index in [9.17, 15) is 9.59 Å². The Labute approximate surface area is 174 Å². The minimum atomic E-state index is -0.158. The van der Waals surface area contributed by atoms with Crippen LogP contribution < -0.4 is 14.2 Å². The second kappa shape index (κ2) is 9.05. The van der Waals surface area contributed by atoms with Gasteiger partial charge in [0.25, 0.3) is 11.8 Å². The fourth-order valence-corrected chi connectivity index (χ4v) is 3.52.